The number of urea groups is 2. The molecule has 18 heavy (non-hydrogen) atoms. The molecule has 0 fully saturated rings. The zero-order chi connectivity index (χ0) is 14.0. The lowest BCUT2D eigenvalue weighted by Crippen LogP contribution is -2.50. The Balaban J connectivity index is 4.51. The molecule has 0 aliphatic rings. The first kappa shape index (κ1) is 17.1. The lowest BCUT2D eigenvalue weighted by Gasteiger charge is -2.19. The molecule has 104 valence electrons. The second-order valence-corrected chi connectivity index (χ2v) is 4.37. The Hall–Kier alpha value is -0.860. The molecule has 0 rings (SSSR count). The van der Waals surface area contributed by atoms with E-state index in [0.29, 0.717) is 16.5 Å². The van der Waals surface area contributed by atoms with Crippen LogP contribution in [-0.2, 0) is 4.74 Å². The highest BCUT2D eigenvalue weighted by Crippen LogP contribution is 2.00. The smallest absolute Gasteiger partial charge is 0.343 e. The van der Waals surface area contributed by atoms with Gasteiger partial charge in [-0.3, -0.25) is 10.1 Å². The Bertz CT molecular complexity index is 306. The Morgan fingerprint density at radius 1 is 1.33 bits per heavy atom. The van der Waals surface area contributed by atoms with Gasteiger partial charge < -0.3 is 10.1 Å². The van der Waals surface area contributed by atoms with E-state index in [4.69, 9.17) is 28.6 Å². The van der Waals surface area contributed by atoms with Gasteiger partial charge in [-0.2, -0.15) is 4.90 Å². The predicted molar refractivity (Wildman–Crippen MR) is 72.4 cm³/mol. The molecule has 0 aliphatic heterocycles. The van der Waals surface area contributed by atoms with Gasteiger partial charge in [0.2, 0.25) is 0 Å². The van der Waals surface area contributed by atoms with Crippen LogP contribution in [-0.4, -0.2) is 54.2 Å². The predicted octanol–water partition coefficient (Wildman–Crippen LogP) is 1.41. The molecule has 4 amide bonds. The molecule has 0 atom stereocenters. The monoisotopic (exact) mass is 316 g/mol. The van der Waals surface area contributed by atoms with Crippen LogP contribution in [0.25, 0.3) is 0 Å². The van der Waals surface area contributed by atoms with Crippen LogP contribution in [0, 0.1) is 5.41 Å². The van der Waals surface area contributed by atoms with Crippen molar-refractivity contribution in [1.82, 2.24) is 14.9 Å². The van der Waals surface area contributed by atoms with Gasteiger partial charge in [-0.25, -0.2) is 9.59 Å². The summed E-state index contributed by atoms with van der Waals surface area (Å²) in [4.78, 5) is 23.8. The maximum atomic E-state index is 11.7. The lowest BCUT2D eigenvalue weighted by atomic mass is 10.6. The molecule has 0 heterocycles. The summed E-state index contributed by atoms with van der Waals surface area (Å²) in [6.45, 7) is 0.177. The normalized spacial score (nSPS) is 9.50. The van der Waals surface area contributed by atoms with Gasteiger partial charge in [0.1, 0.15) is 0 Å². The molecule has 0 saturated heterocycles. The first-order valence-corrected chi connectivity index (χ1v) is 6.88. The summed E-state index contributed by atoms with van der Waals surface area (Å²) in [5.74, 6) is 1.03. The van der Waals surface area contributed by atoms with Crippen LogP contribution in [0.2, 0.25) is 0 Å². The van der Waals surface area contributed by atoms with E-state index >= 15 is 0 Å². The molecular formula is C8H14Cl2N4O3S. The maximum absolute atomic E-state index is 11.7. The minimum Gasteiger partial charge on any atom is -0.468 e. The van der Waals surface area contributed by atoms with E-state index in [2.05, 4.69) is 14.8 Å². The number of hydrogen-bond acceptors (Lipinski definition) is 5. The summed E-state index contributed by atoms with van der Waals surface area (Å²) < 4.78 is 6.92. The zero-order valence-corrected chi connectivity index (χ0v) is 12.0. The van der Waals surface area contributed by atoms with Crippen LogP contribution in [0.5, 0.6) is 0 Å². The number of alkyl halides is 2. The van der Waals surface area contributed by atoms with Gasteiger partial charge in [0.15, 0.2) is 0 Å². The van der Waals surface area contributed by atoms with Gasteiger partial charge in [0, 0.05) is 24.1 Å². The molecule has 0 aromatic rings. The molecule has 3 N–H and O–H groups in total. The fourth-order valence-corrected chi connectivity index (χ4v) is 1.52. The van der Waals surface area contributed by atoms with E-state index in [1.165, 1.54) is 7.11 Å². The lowest BCUT2D eigenvalue weighted by molar-refractivity contribution is 0.198. The summed E-state index contributed by atoms with van der Waals surface area (Å²) in [6, 6.07) is -2.17. The fraction of sp³-hybridized carbons (Fsp3) is 0.625. The third-order valence-electron chi connectivity index (χ3n) is 1.51. The highest BCUT2D eigenvalue weighted by atomic mass is 35.5. The molecule has 0 unspecified atom stereocenters. The molecule has 7 nitrogen and oxygen atoms in total. The van der Waals surface area contributed by atoms with Gasteiger partial charge >= 0.3 is 18.1 Å². The minimum absolute atomic E-state index is 0.177. The quantitative estimate of drug-likeness (QED) is 0.235. The number of rotatable bonds is 5. The maximum Gasteiger partial charge on any atom is 0.343 e. The van der Waals surface area contributed by atoms with Crippen LogP contribution in [0.15, 0.2) is 0 Å². The molecule has 0 saturated carbocycles. The average molecular weight is 317 g/mol. The van der Waals surface area contributed by atoms with Gasteiger partial charge in [-0.05, 0) is 11.9 Å². The van der Waals surface area contributed by atoms with Crippen molar-refractivity contribution >= 4 is 53.2 Å². The number of carbonyl (C=O) groups excluding carboxylic acids is 2. The Labute approximate surface area is 119 Å². The zero-order valence-electron chi connectivity index (χ0n) is 9.66. The van der Waals surface area contributed by atoms with E-state index in [1.807, 2.05) is 0 Å². The Morgan fingerprint density at radius 3 is 2.50 bits per heavy atom. The summed E-state index contributed by atoms with van der Waals surface area (Å²) in [5, 5.41) is 9.74. The topological polar surface area (TPSA) is 94.5 Å². The number of methoxy groups -OCH3 is 1. The van der Waals surface area contributed by atoms with Crippen molar-refractivity contribution in [1.29, 1.82) is 5.41 Å². The van der Waals surface area contributed by atoms with Crippen molar-refractivity contribution in [2.75, 3.05) is 31.2 Å². The van der Waals surface area contributed by atoms with Crippen LogP contribution in [0.1, 0.15) is 0 Å². The highest BCUT2D eigenvalue weighted by molar-refractivity contribution is 7.98. The number of hydrogen-bond donors (Lipinski definition) is 3. The van der Waals surface area contributed by atoms with Crippen LogP contribution < -0.4 is 10.0 Å². The molecule has 0 aliphatic carbocycles. The Morgan fingerprint density at radius 2 is 2.00 bits per heavy atom. The number of amides is 4. The second-order valence-electron chi connectivity index (χ2n) is 2.71. The number of ether oxygens (including phenoxy) is 1. The summed E-state index contributed by atoms with van der Waals surface area (Å²) in [5.41, 5.74) is 0. The number of carbonyl (C=O) groups is 2. The van der Waals surface area contributed by atoms with Gasteiger partial charge in [-0.1, -0.05) is 0 Å². The molecule has 0 spiro atoms. The second kappa shape index (κ2) is 10.1. The number of nitrogens with one attached hydrogen (secondary N) is 3. The van der Waals surface area contributed by atoms with Crippen molar-refractivity contribution in [2.24, 2.45) is 0 Å². The minimum atomic E-state index is -0.788. The van der Waals surface area contributed by atoms with E-state index in [-0.39, 0.29) is 12.4 Å². The Kier molecular flexibility index (Phi) is 9.62. The molecule has 0 aromatic carbocycles. The van der Waals surface area contributed by atoms with E-state index in [1.54, 1.807) is 0 Å². The molecule has 0 bridgehead atoms. The first-order valence-electron chi connectivity index (χ1n) is 4.82. The number of amidine groups is 1. The van der Waals surface area contributed by atoms with Crippen molar-refractivity contribution in [2.45, 2.75) is 0 Å². The standard InChI is InChI=1S/C8H14Cl2N4O3S/c1-17-6(11)14(7(15)12-4-2-9)8(16)13-18-5-3-10/h11H,2-5H2,1H3,(H,12,15)(H,13,16). The van der Waals surface area contributed by atoms with Crippen LogP contribution >= 0.6 is 35.1 Å². The largest absolute Gasteiger partial charge is 0.468 e. The third-order valence-corrected chi connectivity index (χ3v) is 2.84. The van der Waals surface area contributed by atoms with Gasteiger partial charge in [0.25, 0.3) is 0 Å². The van der Waals surface area contributed by atoms with Crippen LogP contribution in [0.3, 0.4) is 0 Å². The fourth-order valence-electron chi connectivity index (χ4n) is 0.798. The average Bonchev–Trinajstić information content (AvgIpc) is 2.36. The van der Waals surface area contributed by atoms with Crippen LogP contribution in [0.4, 0.5) is 9.59 Å². The van der Waals surface area contributed by atoms with E-state index in [0.717, 1.165) is 11.9 Å². The van der Waals surface area contributed by atoms with Gasteiger partial charge in [-0.15, -0.1) is 23.2 Å². The van der Waals surface area contributed by atoms with Crippen molar-refractivity contribution in [3.05, 3.63) is 0 Å². The molecule has 0 radical (unpaired) electrons. The van der Waals surface area contributed by atoms with Gasteiger partial charge in [0.05, 0.1) is 7.11 Å². The van der Waals surface area contributed by atoms with E-state index in [9.17, 15) is 9.59 Å². The third kappa shape index (κ3) is 6.18. The molecule has 0 aromatic heterocycles. The first-order chi connectivity index (χ1) is 8.58. The molecular weight excluding hydrogens is 303 g/mol. The summed E-state index contributed by atoms with van der Waals surface area (Å²) in [6.07, 6.45) is 0. The summed E-state index contributed by atoms with van der Waals surface area (Å²) in [7, 11) is 1.18. The number of nitrogens with zero attached hydrogens (tertiary/aromatic N) is 1. The van der Waals surface area contributed by atoms with E-state index < -0.39 is 18.1 Å². The number of halogens is 2. The number of imide groups is 1. The SMILES string of the molecule is COC(=N)N(C(=O)NCCCl)C(=O)NSCCCl. The van der Waals surface area contributed by atoms with Crippen molar-refractivity contribution in [3.63, 3.8) is 0 Å². The van der Waals surface area contributed by atoms with Crippen molar-refractivity contribution < 1.29 is 14.3 Å². The highest BCUT2D eigenvalue weighted by Gasteiger charge is 2.26. The molecule has 10 heteroatoms. The summed E-state index contributed by atoms with van der Waals surface area (Å²) >= 11 is 11.9. The van der Waals surface area contributed by atoms with Crippen molar-refractivity contribution in [3.8, 4) is 0 Å².